The van der Waals surface area contributed by atoms with Gasteiger partial charge in [0.15, 0.2) is 12.4 Å². The minimum atomic E-state index is 0. The molecule has 0 fully saturated rings. The van der Waals surface area contributed by atoms with E-state index < -0.39 is 0 Å². The van der Waals surface area contributed by atoms with Crippen LogP contribution in [0.4, 0.5) is 0 Å². The lowest BCUT2D eigenvalue weighted by Crippen LogP contribution is -3.00. The van der Waals surface area contributed by atoms with E-state index in [-0.39, 0.29) is 28.2 Å². The Kier molecular flexibility index (Phi) is 6.30. The average molecular weight is 364 g/mol. The minimum absolute atomic E-state index is 0. The van der Waals surface area contributed by atoms with Gasteiger partial charge in [0.2, 0.25) is 12.3 Å². The lowest BCUT2D eigenvalue weighted by Gasteiger charge is -2.17. The number of rotatable bonds is 4. The molecule has 0 unspecified atom stereocenters. The molecular weight excluding hydrogens is 342 g/mol. The normalized spacial score (nSPS) is 10.7. The SMILES string of the molecule is COc1ccc(C(=O)C[n+]2ccc(C(C)(C)C)cc2)cc1.[Br-]. The number of pyridine rings is 1. The van der Waals surface area contributed by atoms with Gasteiger partial charge in [-0.15, -0.1) is 0 Å². The molecule has 118 valence electrons. The van der Waals surface area contributed by atoms with E-state index in [1.165, 1.54) is 5.56 Å². The standard InChI is InChI=1S/C18H22NO2.BrH/c1-18(2,3)15-9-11-19(12-10-15)13-17(20)14-5-7-16(21-4)8-6-14;/h5-12H,13H2,1-4H3;1H/q+1;/p-1. The van der Waals surface area contributed by atoms with Crippen LogP contribution in [0.15, 0.2) is 48.8 Å². The van der Waals surface area contributed by atoms with Crippen molar-refractivity contribution < 1.29 is 31.1 Å². The summed E-state index contributed by atoms with van der Waals surface area (Å²) >= 11 is 0. The Morgan fingerprint density at radius 1 is 1.05 bits per heavy atom. The van der Waals surface area contributed by atoms with Crippen molar-refractivity contribution >= 4 is 5.78 Å². The topological polar surface area (TPSA) is 30.2 Å². The van der Waals surface area contributed by atoms with Crippen LogP contribution in [0.25, 0.3) is 0 Å². The zero-order valence-corrected chi connectivity index (χ0v) is 15.1. The van der Waals surface area contributed by atoms with Crippen molar-refractivity contribution in [3.63, 3.8) is 0 Å². The number of hydrogen-bond acceptors (Lipinski definition) is 2. The van der Waals surface area contributed by atoms with Crippen LogP contribution in [0, 0.1) is 0 Å². The van der Waals surface area contributed by atoms with Crippen molar-refractivity contribution in [1.29, 1.82) is 0 Å². The Labute approximate surface area is 142 Å². The number of halogens is 1. The monoisotopic (exact) mass is 363 g/mol. The zero-order valence-electron chi connectivity index (χ0n) is 13.5. The molecule has 2 aromatic rings. The van der Waals surface area contributed by atoms with E-state index in [2.05, 4.69) is 32.9 Å². The summed E-state index contributed by atoms with van der Waals surface area (Å²) in [4.78, 5) is 12.2. The summed E-state index contributed by atoms with van der Waals surface area (Å²) in [5.41, 5.74) is 2.08. The fourth-order valence-corrected chi connectivity index (χ4v) is 2.10. The molecule has 0 saturated carbocycles. The number of benzene rings is 1. The minimum Gasteiger partial charge on any atom is -1.00 e. The predicted molar refractivity (Wildman–Crippen MR) is 82.7 cm³/mol. The summed E-state index contributed by atoms with van der Waals surface area (Å²) in [6, 6.07) is 11.3. The molecule has 3 nitrogen and oxygen atoms in total. The van der Waals surface area contributed by atoms with Crippen LogP contribution < -0.4 is 26.3 Å². The smallest absolute Gasteiger partial charge is 0.227 e. The van der Waals surface area contributed by atoms with Crippen molar-refractivity contribution in [2.75, 3.05) is 7.11 Å². The first-order valence-corrected chi connectivity index (χ1v) is 7.07. The van der Waals surface area contributed by atoms with Gasteiger partial charge in [-0.25, -0.2) is 0 Å². The number of methoxy groups -OCH3 is 1. The Morgan fingerprint density at radius 3 is 2.05 bits per heavy atom. The third-order valence-corrected chi connectivity index (χ3v) is 3.50. The summed E-state index contributed by atoms with van der Waals surface area (Å²) in [6.07, 6.45) is 3.92. The second-order valence-electron chi connectivity index (χ2n) is 6.16. The van der Waals surface area contributed by atoms with Crippen molar-refractivity contribution in [3.8, 4) is 5.75 Å². The molecule has 1 heterocycles. The molecule has 0 aliphatic carbocycles. The largest absolute Gasteiger partial charge is 1.00 e. The number of ether oxygens (including phenoxy) is 1. The van der Waals surface area contributed by atoms with Gasteiger partial charge in [0.1, 0.15) is 5.75 Å². The van der Waals surface area contributed by atoms with Crippen LogP contribution in [0.1, 0.15) is 36.7 Å². The molecule has 0 aliphatic rings. The number of hydrogen-bond donors (Lipinski definition) is 0. The first-order chi connectivity index (χ1) is 9.90. The fourth-order valence-electron chi connectivity index (χ4n) is 2.10. The van der Waals surface area contributed by atoms with Gasteiger partial charge in [0.25, 0.3) is 0 Å². The highest BCUT2D eigenvalue weighted by Crippen LogP contribution is 2.20. The van der Waals surface area contributed by atoms with Crippen molar-refractivity contribution in [2.45, 2.75) is 32.7 Å². The van der Waals surface area contributed by atoms with Crippen LogP contribution in [0.2, 0.25) is 0 Å². The molecular formula is C18H22BrNO2. The number of carbonyl (C=O) groups is 1. The number of nitrogens with zero attached hydrogens (tertiary/aromatic N) is 1. The van der Waals surface area contributed by atoms with E-state index in [9.17, 15) is 4.79 Å². The number of carbonyl (C=O) groups excluding carboxylic acids is 1. The molecule has 0 radical (unpaired) electrons. The van der Waals surface area contributed by atoms with E-state index in [0.29, 0.717) is 12.1 Å². The zero-order chi connectivity index (χ0) is 15.5. The summed E-state index contributed by atoms with van der Waals surface area (Å²) < 4.78 is 7.00. The second-order valence-corrected chi connectivity index (χ2v) is 6.16. The van der Waals surface area contributed by atoms with E-state index >= 15 is 0 Å². The second kappa shape index (κ2) is 7.54. The maximum absolute atomic E-state index is 12.2. The fraction of sp³-hybridized carbons (Fsp3) is 0.333. The van der Waals surface area contributed by atoms with Gasteiger partial charge in [-0.05, 0) is 35.2 Å². The molecule has 2 rings (SSSR count). The van der Waals surface area contributed by atoms with Crippen LogP contribution >= 0.6 is 0 Å². The van der Waals surface area contributed by atoms with Crippen LogP contribution in [0.3, 0.4) is 0 Å². The van der Waals surface area contributed by atoms with E-state index in [0.717, 1.165) is 5.75 Å². The van der Waals surface area contributed by atoms with E-state index in [4.69, 9.17) is 4.74 Å². The maximum Gasteiger partial charge on any atom is 0.227 e. The van der Waals surface area contributed by atoms with Gasteiger partial charge in [-0.3, -0.25) is 4.79 Å². The van der Waals surface area contributed by atoms with Crippen molar-refractivity contribution in [2.24, 2.45) is 0 Å². The molecule has 0 saturated heterocycles. The van der Waals surface area contributed by atoms with Gasteiger partial charge >= 0.3 is 0 Å². The van der Waals surface area contributed by atoms with Gasteiger partial charge in [0, 0.05) is 17.7 Å². The average Bonchev–Trinajstić information content (AvgIpc) is 2.47. The third kappa shape index (κ3) is 4.67. The lowest BCUT2D eigenvalue weighted by atomic mass is 9.88. The Bertz CT molecular complexity index is 613. The van der Waals surface area contributed by atoms with E-state index in [1.54, 1.807) is 31.4 Å². The molecule has 22 heavy (non-hydrogen) atoms. The van der Waals surface area contributed by atoms with Crippen LogP contribution in [-0.4, -0.2) is 12.9 Å². The van der Waals surface area contributed by atoms with Crippen molar-refractivity contribution in [3.05, 3.63) is 59.9 Å². The summed E-state index contributed by atoms with van der Waals surface area (Å²) in [7, 11) is 1.61. The van der Waals surface area contributed by atoms with Crippen LogP contribution in [-0.2, 0) is 12.0 Å². The molecule has 0 N–H and O–H groups in total. The van der Waals surface area contributed by atoms with Gasteiger partial charge < -0.3 is 21.7 Å². The highest BCUT2D eigenvalue weighted by atomic mass is 79.9. The first-order valence-electron chi connectivity index (χ1n) is 7.07. The third-order valence-electron chi connectivity index (χ3n) is 3.50. The summed E-state index contributed by atoms with van der Waals surface area (Å²) in [5.74, 6) is 0.847. The predicted octanol–water partition coefficient (Wildman–Crippen LogP) is 0.167. The molecule has 0 atom stereocenters. The maximum atomic E-state index is 12.2. The molecule has 0 bridgehead atoms. The molecule has 0 aliphatic heterocycles. The highest BCUT2D eigenvalue weighted by molar-refractivity contribution is 5.95. The van der Waals surface area contributed by atoms with Gasteiger partial charge in [-0.2, -0.15) is 4.57 Å². The molecule has 0 amide bonds. The summed E-state index contributed by atoms with van der Waals surface area (Å²) in [5, 5.41) is 0. The van der Waals surface area contributed by atoms with E-state index in [1.807, 2.05) is 17.0 Å². The quantitative estimate of drug-likeness (QED) is 0.572. The lowest BCUT2D eigenvalue weighted by molar-refractivity contribution is -0.683. The van der Waals surface area contributed by atoms with Crippen LogP contribution in [0.5, 0.6) is 5.75 Å². The Balaban J connectivity index is 0.00000242. The molecule has 4 heteroatoms. The number of aromatic nitrogens is 1. The van der Waals surface area contributed by atoms with Crippen molar-refractivity contribution in [1.82, 2.24) is 0 Å². The number of ketones is 1. The summed E-state index contributed by atoms with van der Waals surface area (Å²) in [6.45, 7) is 6.87. The Hall–Kier alpha value is -1.68. The highest BCUT2D eigenvalue weighted by Gasteiger charge is 2.16. The number of Topliss-reactive ketones (excluding diaryl/α,β-unsaturated/α-hetero) is 1. The molecule has 0 spiro atoms. The molecule has 1 aromatic heterocycles. The van der Waals surface area contributed by atoms with Gasteiger partial charge in [-0.1, -0.05) is 20.8 Å². The first kappa shape index (κ1) is 18.4. The Morgan fingerprint density at radius 2 is 1.59 bits per heavy atom. The molecule has 1 aromatic carbocycles. The van der Waals surface area contributed by atoms with Gasteiger partial charge in [0.05, 0.1) is 7.11 Å².